The summed E-state index contributed by atoms with van der Waals surface area (Å²) in [4.78, 5) is 11.2. The molecule has 0 fully saturated rings. The zero-order valence-corrected chi connectivity index (χ0v) is 8.26. The zero-order chi connectivity index (χ0) is 10.1. The third-order valence-corrected chi connectivity index (χ3v) is 1.59. The Morgan fingerprint density at radius 2 is 2.23 bits per heavy atom. The monoisotopic (exact) mass is 180 g/mol. The highest BCUT2D eigenvalue weighted by molar-refractivity contribution is 5.97. The molecular weight excluding hydrogens is 164 g/mol. The molecule has 0 spiro atoms. The van der Waals surface area contributed by atoms with Crippen molar-refractivity contribution in [1.29, 1.82) is 5.26 Å². The van der Waals surface area contributed by atoms with Crippen molar-refractivity contribution >= 4 is 5.91 Å². The lowest BCUT2D eigenvalue weighted by Crippen LogP contribution is -2.25. The predicted octanol–water partition coefficient (Wildman–Crippen LogP) is 1.76. The number of rotatable bonds is 5. The first kappa shape index (κ1) is 11.7. The molecule has 0 atom stereocenters. The van der Waals surface area contributed by atoms with Crippen LogP contribution in [-0.2, 0) is 4.79 Å². The molecule has 0 bridgehead atoms. The molecule has 3 nitrogen and oxygen atoms in total. The van der Waals surface area contributed by atoms with Crippen LogP contribution in [0.25, 0.3) is 0 Å². The number of allylic oxidation sites excluding steroid dienone is 1. The van der Waals surface area contributed by atoms with Crippen LogP contribution in [0.5, 0.6) is 0 Å². The summed E-state index contributed by atoms with van der Waals surface area (Å²) in [5.74, 6) is -0.252. The molecule has 1 amide bonds. The third kappa shape index (κ3) is 5.02. The zero-order valence-electron chi connectivity index (χ0n) is 8.26. The van der Waals surface area contributed by atoms with Crippen molar-refractivity contribution in [3.63, 3.8) is 0 Å². The molecule has 0 aromatic heterocycles. The van der Waals surface area contributed by atoms with Crippen LogP contribution in [0.4, 0.5) is 0 Å². The minimum atomic E-state index is -0.252. The Morgan fingerprint density at radius 1 is 1.54 bits per heavy atom. The van der Waals surface area contributed by atoms with E-state index in [1.54, 1.807) is 6.08 Å². The van der Waals surface area contributed by atoms with Gasteiger partial charge in [0.25, 0.3) is 5.91 Å². The fourth-order valence-electron chi connectivity index (χ4n) is 0.867. The number of amides is 1. The molecule has 3 heteroatoms. The minimum absolute atomic E-state index is 0.221. The number of nitriles is 1. The Bertz CT molecular complexity index is 226. The van der Waals surface area contributed by atoms with Gasteiger partial charge in [0.2, 0.25) is 0 Å². The fraction of sp³-hybridized carbons (Fsp3) is 0.600. The van der Waals surface area contributed by atoms with Crippen molar-refractivity contribution in [3.05, 3.63) is 11.6 Å². The molecule has 0 unspecified atom stereocenters. The molecule has 0 aliphatic heterocycles. The molecule has 0 heterocycles. The van der Waals surface area contributed by atoms with Crippen molar-refractivity contribution < 1.29 is 4.79 Å². The maximum absolute atomic E-state index is 11.2. The standard InChI is InChI=1S/C10H16N2O/c1-3-5-7-12-10(13)9(8-11)6-4-2/h6H,3-5,7H2,1-2H3,(H,12,13)/b9-6+. The molecule has 0 rings (SSSR count). The lowest BCUT2D eigenvalue weighted by Gasteiger charge is -2.01. The van der Waals surface area contributed by atoms with Crippen molar-refractivity contribution in [2.75, 3.05) is 6.54 Å². The van der Waals surface area contributed by atoms with Crippen molar-refractivity contribution in [2.24, 2.45) is 0 Å². The van der Waals surface area contributed by atoms with Gasteiger partial charge in [-0.25, -0.2) is 0 Å². The van der Waals surface area contributed by atoms with Gasteiger partial charge in [-0.1, -0.05) is 26.3 Å². The largest absolute Gasteiger partial charge is 0.351 e. The van der Waals surface area contributed by atoms with Gasteiger partial charge in [0, 0.05) is 6.54 Å². The summed E-state index contributed by atoms with van der Waals surface area (Å²) < 4.78 is 0. The first-order chi connectivity index (χ1) is 6.26. The number of carbonyl (C=O) groups excluding carboxylic acids is 1. The molecule has 13 heavy (non-hydrogen) atoms. The van der Waals surface area contributed by atoms with Gasteiger partial charge in [-0.15, -0.1) is 0 Å². The van der Waals surface area contributed by atoms with Crippen LogP contribution >= 0.6 is 0 Å². The Hall–Kier alpha value is -1.30. The molecule has 0 aliphatic rings. The lowest BCUT2D eigenvalue weighted by atomic mass is 10.2. The summed E-state index contributed by atoms with van der Waals surface area (Å²) in [5.41, 5.74) is 0.221. The maximum Gasteiger partial charge on any atom is 0.261 e. The molecule has 0 aliphatic carbocycles. The number of carbonyl (C=O) groups is 1. The summed E-state index contributed by atoms with van der Waals surface area (Å²) in [6.07, 6.45) is 4.35. The summed E-state index contributed by atoms with van der Waals surface area (Å²) >= 11 is 0. The Labute approximate surface area is 79.4 Å². The van der Waals surface area contributed by atoms with Crippen LogP contribution < -0.4 is 5.32 Å². The summed E-state index contributed by atoms with van der Waals surface area (Å²) in [7, 11) is 0. The second kappa shape index (κ2) is 7.35. The maximum atomic E-state index is 11.2. The Balaban J connectivity index is 3.95. The summed E-state index contributed by atoms with van der Waals surface area (Å²) in [5, 5.41) is 11.3. The van der Waals surface area contributed by atoms with E-state index in [4.69, 9.17) is 5.26 Å². The Kier molecular flexibility index (Phi) is 6.62. The Morgan fingerprint density at radius 3 is 2.69 bits per heavy atom. The minimum Gasteiger partial charge on any atom is -0.351 e. The van der Waals surface area contributed by atoms with Gasteiger partial charge in [-0.3, -0.25) is 4.79 Å². The molecule has 0 saturated heterocycles. The van der Waals surface area contributed by atoms with E-state index < -0.39 is 0 Å². The van der Waals surface area contributed by atoms with Crippen LogP contribution in [0.15, 0.2) is 11.6 Å². The van der Waals surface area contributed by atoms with E-state index >= 15 is 0 Å². The van der Waals surface area contributed by atoms with E-state index in [-0.39, 0.29) is 11.5 Å². The van der Waals surface area contributed by atoms with Crippen molar-refractivity contribution in [1.82, 2.24) is 5.32 Å². The van der Waals surface area contributed by atoms with Gasteiger partial charge in [0.05, 0.1) is 0 Å². The van der Waals surface area contributed by atoms with Gasteiger partial charge >= 0.3 is 0 Å². The van der Waals surface area contributed by atoms with Crippen LogP contribution in [0, 0.1) is 11.3 Å². The number of hydrogen-bond donors (Lipinski definition) is 1. The average molecular weight is 180 g/mol. The topological polar surface area (TPSA) is 52.9 Å². The molecule has 0 aromatic carbocycles. The van der Waals surface area contributed by atoms with E-state index in [0.29, 0.717) is 13.0 Å². The van der Waals surface area contributed by atoms with Gasteiger partial charge in [-0.05, 0) is 12.8 Å². The summed E-state index contributed by atoms with van der Waals surface area (Å²) in [6, 6.07) is 1.88. The van der Waals surface area contributed by atoms with Crippen molar-refractivity contribution in [3.8, 4) is 6.07 Å². The lowest BCUT2D eigenvalue weighted by molar-refractivity contribution is -0.117. The van der Waals surface area contributed by atoms with Gasteiger partial charge in [0.1, 0.15) is 11.6 Å². The predicted molar refractivity (Wildman–Crippen MR) is 51.9 cm³/mol. The highest BCUT2D eigenvalue weighted by Crippen LogP contribution is 1.95. The van der Waals surface area contributed by atoms with Crippen LogP contribution in [0.1, 0.15) is 33.1 Å². The molecular formula is C10H16N2O. The van der Waals surface area contributed by atoms with E-state index in [1.165, 1.54) is 0 Å². The van der Waals surface area contributed by atoms with Crippen molar-refractivity contribution in [2.45, 2.75) is 33.1 Å². The molecule has 0 aromatic rings. The highest BCUT2D eigenvalue weighted by atomic mass is 16.1. The second-order valence-electron chi connectivity index (χ2n) is 2.75. The summed E-state index contributed by atoms with van der Waals surface area (Å²) in [6.45, 7) is 4.61. The quantitative estimate of drug-likeness (QED) is 0.398. The fourth-order valence-corrected chi connectivity index (χ4v) is 0.867. The molecule has 1 N–H and O–H groups in total. The number of hydrogen-bond acceptors (Lipinski definition) is 2. The molecule has 0 radical (unpaired) electrons. The molecule has 0 saturated carbocycles. The van der Waals surface area contributed by atoms with Gasteiger partial charge < -0.3 is 5.32 Å². The normalized spacial score (nSPS) is 10.7. The second-order valence-corrected chi connectivity index (χ2v) is 2.75. The van der Waals surface area contributed by atoms with E-state index in [1.807, 2.05) is 13.0 Å². The SMILES string of the molecule is CC/C=C(\C#N)C(=O)NCCCC. The van der Waals surface area contributed by atoms with E-state index in [0.717, 1.165) is 12.8 Å². The first-order valence-electron chi connectivity index (χ1n) is 4.64. The number of unbranched alkanes of at least 4 members (excludes halogenated alkanes) is 1. The highest BCUT2D eigenvalue weighted by Gasteiger charge is 2.05. The number of nitrogens with zero attached hydrogens (tertiary/aromatic N) is 1. The van der Waals surface area contributed by atoms with Crippen LogP contribution in [0.3, 0.4) is 0 Å². The number of nitrogens with one attached hydrogen (secondary N) is 1. The van der Waals surface area contributed by atoms with E-state index in [9.17, 15) is 4.79 Å². The average Bonchev–Trinajstić information content (AvgIpc) is 2.14. The van der Waals surface area contributed by atoms with Gasteiger partial charge in [-0.2, -0.15) is 5.26 Å². The third-order valence-electron chi connectivity index (χ3n) is 1.59. The van der Waals surface area contributed by atoms with Gasteiger partial charge in [0.15, 0.2) is 0 Å². The van der Waals surface area contributed by atoms with E-state index in [2.05, 4.69) is 12.2 Å². The first-order valence-corrected chi connectivity index (χ1v) is 4.64. The molecule has 72 valence electrons. The smallest absolute Gasteiger partial charge is 0.261 e. The van der Waals surface area contributed by atoms with Crippen LogP contribution in [-0.4, -0.2) is 12.5 Å². The van der Waals surface area contributed by atoms with Crippen LogP contribution in [0.2, 0.25) is 0 Å².